The number of fused-ring (bicyclic) bond motifs is 1. The standard InChI is InChI=1S/C22H18BrN3O3S/c1-26(22(15-7-3-2-4-8-15)17-9-5-6-10-18(17)23)30(28,29)16-11-12-19-20(13-16)24-14-21(27)25-19/h2-14,22H,1H3,(H,25,27). The van der Waals surface area contributed by atoms with Gasteiger partial charge in [0.2, 0.25) is 10.0 Å². The van der Waals surface area contributed by atoms with E-state index in [1.165, 1.54) is 16.4 Å². The van der Waals surface area contributed by atoms with Crippen LogP contribution in [0.25, 0.3) is 11.0 Å². The van der Waals surface area contributed by atoms with Crippen molar-refractivity contribution in [1.82, 2.24) is 14.3 Å². The molecule has 0 amide bonds. The van der Waals surface area contributed by atoms with Gasteiger partial charge in [-0.3, -0.25) is 4.79 Å². The van der Waals surface area contributed by atoms with Crippen LogP contribution in [0.2, 0.25) is 0 Å². The van der Waals surface area contributed by atoms with Crippen LogP contribution in [0.4, 0.5) is 0 Å². The fourth-order valence-corrected chi connectivity index (χ4v) is 5.25. The van der Waals surface area contributed by atoms with Crippen LogP contribution in [0.15, 0.2) is 93.2 Å². The van der Waals surface area contributed by atoms with Gasteiger partial charge in [0.1, 0.15) is 0 Å². The summed E-state index contributed by atoms with van der Waals surface area (Å²) < 4.78 is 29.3. The molecular weight excluding hydrogens is 466 g/mol. The number of aromatic amines is 1. The van der Waals surface area contributed by atoms with E-state index < -0.39 is 16.1 Å². The van der Waals surface area contributed by atoms with Gasteiger partial charge in [0.25, 0.3) is 5.56 Å². The van der Waals surface area contributed by atoms with E-state index in [2.05, 4.69) is 25.9 Å². The van der Waals surface area contributed by atoms with E-state index in [0.29, 0.717) is 11.0 Å². The van der Waals surface area contributed by atoms with Gasteiger partial charge in [-0.2, -0.15) is 4.31 Å². The zero-order valence-corrected chi connectivity index (χ0v) is 18.4. The molecule has 0 bridgehead atoms. The van der Waals surface area contributed by atoms with Gasteiger partial charge < -0.3 is 4.98 Å². The Morgan fingerprint density at radius 2 is 1.70 bits per heavy atom. The van der Waals surface area contributed by atoms with Crippen LogP contribution in [0.3, 0.4) is 0 Å². The maximum absolute atomic E-state index is 13.6. The molecule has 0 aliphatic carbocycles. The van der Waals surface area contributed by atoms with E-state index in [4.69, 9.17) is 0 Å². The molecule has 152 valence electrons. The van der Waals surface area contributed by atoms with Crippen molar-refractivity contribution in [2.24, 2.45) is 0 Å². The van der Waals surface area contributed by atoms with Crippen molar-refractivity contribution in [2.45, 2.75) is 10.9 Å². The number of aromatic nitrogens is 2. The van der Waals surface area contributed by atoms with Gasteiger partial charge in [0, 0.05) is 11.5 Å². The molecule has 30 heavy (non-hydrogen) atoms. The molecule has 3 aromatic carbocycles. The molecule has 1 heterocycles. The molecule has 6 nitrogen and oxygen atoms in total. The Labute approximate surface area is 182 Å². The molecule has 4 aromatic rings. The summed E-state index contributed by atoms with van der Waals surface area (Å²) in [5.74, 6) is 0. The van der Waals surface area contributed by atoms with Crippen molar-refractivity contribution in [2.75, 3.05) is 7.05 Å². The summed E-state index contributed by atoms with van der Waals surface area (Å²) >= 11 is 3.56. The molecule has 1 unspecified atom stereocenters. The van der Waals surface area contributed by atoms with Gasteiger partial charge in [-0.15, -0.1) is 0 Å². The van der Waals surface area contributed by atoms with Gasteiger partial charge in [0.05, 0.1) is 28.2 Å². The molecule has 1 aromatic heterocycles. The van der Waals surface area contributed by atoms with Crippen LogP contribution in [-0.2, 0) is 10.0 Å². The lowest BCUT2D eigenvalue weighted by molar-refractivity contribution is 0.417. The van der Waals surface area contributed by atoms with Crippen molar-refractivity contribution >= 4 is 37.0 Å². The Morgan fingerprint density at radius 1 is 1.00 bits per heavy atom. The fourth-order valence-electron chi connectivity index (χ4n) is 3.40. The molecule has 0 spiro atoms. The lowest BCUT2D eigenvalue weighted by Gasteiger charge is -2.29. The second kappa shape index (κ2) is 8.14. The zero-order chi connectivity index (χ0) is 21.3. The zero-order valence-electron chi connectivity index (χ0n) is 16.0. The summed E-state index contributed by atoms with van der Waals surface area (Å²) in [4.78, 5) is 18.3. The van der Waals surface area contributed by atoms with E-state index in [1.54, 1.807) is 13.1 Å². The van der Waals surface area contributed by atoms with Crippen LogP contribution in [0.1, 0.15) is 17.2 Å². The summed E-state index contributed by atoms with van der Waals surface area (Å²) in [5.41, 5.74) is 2.22. The van der Waals surface area contributed by atoms with Gasteiger partial charge in [0.15, 0.2) is 0 Å². The Kier molecular flexibility index (Phi) is 5.55. The Morgan fingerprint density at radius 3 is 2.43 bits per heavy atom. The number of sulfonamides is 1. The fraction of sp³-hybridized carbons (Fsp3) is 0.0909. The molecule has 0 aliphatic heterocycles. The van der Waals surface area contributed by atoms with Gasteiger partial charge in [-0.1, -0.05) is 64.5 Å². The molecule has 1 atom stereocenters. The quantitative estimate of drug-likeness (QED) is 0.463. The minimum absolute atomic E-state index is 0.102. The molecular formula is C22H18BrN3O3S. The largest absolute Gasteiger partial charge is 0.319 e. The van der Waals surface area contributed by atoms with Crippen LogP contribution in [0, 0.1) is 0 Å². The molecule has 0 saturated heterocycles. The number of rotatable bonds is 5. The summed E-state index contributed by atoms with van der Waals surface area (Å²) in [6.45, 7) is 0. The van der Waals surface area contributed by atoms with Gasteiger partial charge in [-0.25, -0.2) is 13.4 Å². The lowest BCUT2D eigenvalue weighted by Crippen LogP contribution is -2.32. The average molecular weight is 484 g/mol. The topological polar surface area (TPSA) is 83.1 Å². The highest BCUT2D eigenvalue weighted by Gasteiger charge is 2.31. The van der Waals surface area contributed by atoms with E-state index in [9.17, 15) is 13.2 Å². The Hall–Kier alpha value is -2.81. The monoisotopic (exact) mass is 483 g/mol. The summed E-state index contributed by atoms with van der Waals surface area (Å²) in [7, 11) is -2.31. The third-order valence-corrected chi connectivity index (χ3v) is 7.44. The normalized spacial score (nSPS) is 12.9. The second-order valence-corrected chi connectivity index (χ2v) is 9.63. The predicted molar refractivity (Wildman–Crippen MR) is 120 cm³/mol. The molecule has 4 rings (SSSR count). The van der Waals surface area contributed by atoms with Crippen molar-refractivity contribution in [3.63, 3.8) is 0 Å². The average Bonchev–Trinajstić information content (AvgIpc) is 2.75. The highest BCUT2D eigenvalue weighted by molar-refractivity contribution is 9.10. The highest BCUT2D eigenvalue weighted by Crippen LogP contribution is 2.36. The molecule has 0 radical (unpaired) electrons. The van der Waals surface area contributed by atoms with E-state index in [-0.39, 0.29) is 10.5 Å². The maximum Gasteiger partial charge on any atom is 0.266 e. The predicted octanol–water partition coefficient (Wildman–Crippen LogP) is 4.10. The summed E-state index contributed by atoms with van der Waals surface area (Å²) in [5, 5.41) is 0. The van der Waals surface area contributed by atoms with E-state index in [0.717, 1.165) is 21.8 Å². The third-order valence-electron chi connectivity index (χ3n) is 4.90. The first-order valence-corrected chi connectivity index (χ1v) is 11.4. The first-order valence-electron chi connectivity index (χ1n) is 9.14. The number of nitrogens with zero attached hydrogens (tertiary/aromatic N) is 2. The third kappa shape index (κ3) is 3.81. The van der Waals surface area contributed by atoms with Crippen LogP contribution in [-0.4, -0.2) is 29.7 Å². The van der Waals surface area contributed by atoms with Crippen molar-refractivity contribution in [3.05, 3.63) is 105 Å². The van der Waals surface area contributed by atoms with Gasteiger partial charge >= 0.3 is 0 Å². The molecule has 8 heteroatoms. The van der Waals surface area contributed by atoms with Gasteiger partial charge in [-0.05, 0) is 35.4 Å². The van der Waals surface area contributed by atoms with Crippen molar-refractivity contribution in [3.8, 4) is 0 Å². The first kappa shape index (κ1) is 20.5. The van der Waals surface area contributed by atoms with Crippen LogP contribution in [0.5, 0.6) is 0 Å². The Bertz CT molecular complexity index is 1370. The Balaban J connectivity index is 1.84. The number of benzene rings is 3. The number of hydrogen-bond acceptors (Lipinski definition) is 4. The minimum Gasteiger partial charge on any atom is -0.319 e. The van der Waals surface area contributed by atoms with Crippen molar-refractivity contribution in [1.29, 1.82) is 0 Å². The molecule has 1 N–H and O–H groups in total. The molecule has 0 saturated carbocycles. The van der Waals surface area contributed by atoms with Crippen molar-refractivity contribution < 1.29 is 8.42 Å². The highest BCUT2D eigenvalue weighted by atomic mass is 79.9. The number of nitrogens with one attached hydrogen (secondary N) is 1. The maximum atomic E-state index is 13.6. The number of hydrogen-bond donors (Lipinski definition) is 1. The minimum atomic E-state index is -3.87. The van der Waals surface area contributed by atoms with Crippen LogP contribution < -0.4 is 5.56 Å². The number of halogens is 1. The number of H-pyrrole nitrogens is 1. The van der Waals surface area contributed by atoms with Crippen LogP contribution >= 0.6 is 15.9 Å². The summed E-state index contributed by atoms with van der Waals surface area (Å²) in [6, 6.07) is 21.0. The summed E-state index contributed by atoms with van der Waals surface area (Å²) in [6.07, 6.45) is 1.14. The molecule has 0 fully saturated rings. The second-order valence-electron chi connectivity index (χ2n) is 6.78. The smallest absolute Gasteiger partial charge is 0.266 e. The lowest BCUT2D eigenvalue weighted by atomic mass is 9.99. The van der Waals surface area contributed by atoms with E-state index >= 15 is 0 Å². The molecule has 0 aliphatic rings. The van der Waals surface area contributed by atoms with E-state index in [1.807, 2.05) is 54.6 Å². The SMILES string of the molecule is CN(C(c1ccccc1)c1ccccc1Br)S(=O)(=O)c1ccc2[nH]c(=O)cnc2c1. The first-order chi connectivity index (χ1) is 14.4.